The van der Waals surface area contributed by atoms with Crippen LogP contribution in [0.3, 0.4) is 0 Å². The molecule has 1 saturated heterocycles. The fourth-order valence-electron chi connectivity index (χ4n) is 1.76. The van der Waals surface area contributed by atoms with Gasteiger partial charge in [0.15, 0.2) is 5.79 Å². The molecule has 1 fully saturated rings. The fraction of sp³-hybridized carbons (Fsp3) is 0.385. The van der Waals surface area contributed by atoms with Crippen molar-refractivity contribution in [2.75, 3.05) is 13.2 Å². The third-order valence-corrected chi connectivity index (χ3v) is 3.47. The second-order valence-corrected chi connectivity index (χ2v) is 5.29. The molecule has 20 heavy (non-hydrogen) atoms. The molecule has 0 aliphatic carbocycles. The number of carbonyl (C=O) groups excluding carboxylic acids is 1. The molecule has 0 unspecified atom stereocenters. The molecule has 0 aromatic heterocycles. The molecule has 5 nitrogen and oxygen atoms in total. The van der Waals surface area contributed by atoms with Crippen LogP contribution < -0.4 is 5.43 Å². The zero-order chi connectivity index (χ0) is 14.6. The van der Waals surface area contributed by atoms with Gasteiger partial charge >= 0.3 is 0 Å². The van der Waals surface area contributed by atoms with E-state index in [1.807, 2.05) is 0 Å². The van der Waals surface area contributed by atoms with Crippen LogP contribution in [0, 0.1) is 0 Å². The predicted octanol–water partition coefficient (Wildman–Crippen LogP) is 2.60. The quantitative estimate of drug-likeness (QED) is 0.686. The number of halogens is 2. The highest BCUT2D eigenvalue weighted by atomic mass is 35.5. The molecule has 1 heterocycles. The Morgan fingerprint density at radius 1 is 1.40 bits per heavy atom. The van der Waals surface area contributed by atoms with Gasteiger partial charge in [-0.25, -0.2) is 5.43 Å². The molecule has 0 radical (unpaired) electrons. The Balaban J connectivity index is 1.86. The number of nitrogens with one attached hydrogen (secondary N) is 1. The first-order valence-corrected chi connectivity index (χ1v) is 6.79. The van der Waals surface area contributed by atoms with E-state index < -0.39 is 5.79 Å². The molecule has 2 rings (SSSR count). The molecule has 0 bridgehead atoms. The number of amides is 1. The summed E-state index contributed by atoms with van der Waals surface area (Å²) < 4.78 is 10.7. The number of ether oxygens (including phenoxy) is 2. The summed E-state index contributed by atoms with van der Waals surface area (Å²) in [5.74, 6) is -1.14. The third kappa shape index (κ3) is 4.18. The summed E-state index contributed by atoms with van der Waals surface area (Å²) in [4.78, 5) is 11.7. The number of hydrogen-bond acceptors (Lipinski definition) is 4. The lowest BCUT2D eigenvalue weighted by atomic mass is 10.2. The van der Waals surface area contributed by atoms with Gasteiger partial charge in [-0.05, 0) is 24.6 Å². The van der Waals surface area contributed by atoms with E-state index >= 15 is 0 Å². The zero-order valence-corrected chi connectivity index (χ0v) is 12.4. The molecule has 1 aliphatic heterocycles. The van der Waals surface area contributed by atoms with Crippen LogP contribution in [0.15, 0.2) is 23.3 Å². The van der Waals surface area contributed by atoms with Crippen LogP contribution in [-0.2, 0) is 14.3 Å². The number of rotatable bonds is 4. The van der Waals surface area contributed by atoms with Crippen LogP contribution in [0.2, 0.25) is 10.0 Å². The van der Waals surface area contributed by atoms with Gasteiger partial charge in [0, 0.05) is 0 Å². The van der Waals surface area contributed by atoms with Crippen molar-refractivity contribution in [3.63, 3.8) is 0 Å². The van der Waals surface area contributed by atoms with Crippen LogP contribution in [0.5, 0.6) is 0 Å². The lowest BCUT2D eigenvalue weighted by molar-refractivity contribution is -0.159. The van der Waals surface area contributed by atoms with Gasteiger partial charge < -0.3 is 9.47 Å². The highest BCUT2D eigenvalue weighted by molar-refractivity contribution is 6.42. The van der Waals surface area contributed by atoms with Crippen LogP contribution in [0.4, 0.5) is 0 Å². The standard InChI is InChI=1S/C13H14Cl2N2O3/c1-13(19-4-5-20-13)7-12(18)17-16-8-9-2-3-10(14)11(15)6-9/h2-3,6,8H,4-5,7H2,1H3,(H,17,18)/b16-8-. The Morgan fingerprint density at radius 3 is 2.75 bits per heavy atom. The minimum absolute atomic E-state index is 0.0890. The van der Waals surface area contributed by atoms with Gasteiger partial charge in [0.25, 0.3) is 0 Å². The van der Waals surface area contributed by atoms with Gasteiger partial charge in [-0.15, -0.1) is 0 Å². The van der Waals surface area contributed by atoms with E-state index in [4.69, 9.17) is 32.7 Å². The molecular weight excluding hydrogens is 303 g/mol. The van der Waals surface area contributed by atoms with Gasteiger partial charge in [0.2, 0.25) is 5.91 Å². The zero-order valence-electron chi connectivity index (χ0n) is 10.9. The van der Waals surface area contributed by atoms with Crippen molar-refractivity contribution < 1.29 is 14.3 Å². The Hall–Kier alpha value is -1.14. The molecule has 1 aliphatic rings. The molecule has 1 aromatic rings. The van der Waals surface area contributed by atoms with E-state index in [9.17, 15) is 4.79 Å². The summed E-state index contributed by atoms with van der Waals surface area (Å²) in [6.07, 6.45) is 1.57. The number of benzene rings is 1. The third-order valence-electron chi connectivity index (χ3n) is 2.73. The van der Waals surface area contributed by atoms with E-state index in [1.54, 1.807) is 25.1 Å². The summed E-state index contributed by atoms with van der Waals surface area (Å²) >= 11 is 11.7. The lowest BCUT2D eigenvalue weighted by Crippen LogP contribution is -2.33. The van der Waals surface area contributed by atoms with Gasteiger partial charge in [-0.3, -0.25) is 4.79 Å². The maximum absolute atomic E-state index is 11.7. The van der Waals surface area contributed by atoms with Crippen LogP contribution in [-0.4, -0.2) is 31.1 Å². The van der Waals surface area contributed by atoms with E-state index in [1.165, 1.54) is 6.21 Å². The highest BCUT2D eigenvalue weighted by Gasteiger charge is 2.33. The van der Waals surface area contributed by atoms with Crippen molar-refractivity contribution in [1.82, 2.24) is 5.43 Å². The summed E-state index contributed by atoms with van der Waals surface area (Å²) in [6, 6.07) is 5.06. The normalized spacial score (nSPS) is 17.6. The van der Waals surface area contributed by atoms with Crippen molar-refractivity contribution in [1.29, 1.82) is 0 Å². The summed E-state index contributed by atoms with van der Waals surface area (Å²) in [7, 11) is 0. The van der Waals surface area contributed by atoms with Crippen molar-refractivity contribution >= 4 is 35.3 Å². The Labute approximate surface area is 126 Å². The molecule has 0 atom stereocenters. The molecule has 0 saturated carbocycles. The van der Waals surface area contributed by atoms with Crippen molar-refractivity contribution in [2.45, 2.75) is 19.1 Å². The van der Waals surface area contributed by atoms with Crippen molar-refractivity contribution in [3.8, 4) is 0 Å². The Kier molecular flexibility index (Phi) is 4.99. The summed E-state index contributed by atoms with van der Waals surface area (Å²) in [5.41, 5.74) is 3.15. The maximum atomic E-state index is 11.7. The molecule has 1 amide bonds. The average Bonchev–Trinajstić information content (AvgIpc) is 2.80. The monoisotopic (exact) mass is 316 g/mol. The van der Waals surface area contributed by atoms with E-state index in [-0.39, 0.29) is 12.3 Å². The number of hydrazone groups is 1. The van der Waals surface area contributed by atoms with E-state index in [0.717, 1.165) is 5.56 Å². The molecule has 1 aromatic carbocycles. The fourth-order valence-corrected chi connectivity index (χ4v) is 2.07. The van der Waals surface area contributed by atoms with Crippen molar-refractivity contribution in [3.05, 3.63) is 33.8 Å². The molecule has 108 valence electrons. The molecule has 0 spiro atoms. The largest absolute Gasteiger partial charge is 0.347 e. The molecule has 7 heteroatoms. The van der Waals surface area contributed by atoms with Gasteiger partial charge in [0.05, 0.1) is 35.9 Å². The second-order valence-electron chi connectivity index (χ2n) is 4.47. The topological polar surface area (TPSA) is 59.9 Å². The average molecular weight is 317 g/mol. The highest BCUT2D eigenvalue weighted by Crippen LogP contribution is 2.22. The second kappa shape index (κ2) is 6.54. The Morgan fingerprint density at radius 2 is 2.10 bits per heavy atom. The first-order chi connectivity index (χ1) is 9.48. The maximum Gasteiger partial charge on any atom is 0.245 e. The summed E-state index contributed by atoms with van der Waals surface area (Å²) in [6.45, 7) is 2.72. The first-order valence-electron chi connectivity index (χ1n) is 6.03. The van der Waals surface area contributed by atoms with Crippen molar-refractivity contribution in [2.24, 2.45) is 5.10 Å². The number of nitrogens with zero attached hydrogens (tertiary/aromatic N) is 1. The van der Waals surface area contributed by atoms with Crippen LogP contribution in [0.1, 0.15) is 18.9 Å². The van der Waals surface area contributed by atoms with E-state index in [0.29, 0.717) is 23.3 Å². The van der Waals surface area contributed by atoms with Gasteiger partial charge in [-0.2, -0.15) is 5.10 Å². The molecule has 1 N–H and O–H groups in total. The minimum Gasteiger partial charge on any atom is -0.347 e. The Bertz CT molecular complexity index is 528. The van der Waals surface area contributed by atoms with Crippen LogP contribution in [0.25, 0.3) is 0 Å². The SMILES string of the molecule is CC1(CC(=O)N/N=C\c2ccc(Cl)c(Cl)c2)OCCO1. The van der Waals surface area contributed by atoms with Gasteiger partial charge in [-0.1, -0.05) is 29.3 Å². The smallest absolute Gasteiger partial charge is 0.245 e. The van der Waals surface area contributed by atoms with Gasteiger partial charge in [0.1, 0.15) is 0 Å². The predicted molar refractivity (Wildman–Crippen MR) is 77.1 cm³/mol. The van der Waals surface area contributed by atoms with Crippen LogP contribution >= 0.6 is 23.2 Å². The number of hydrogen-bond donors (Lipinski definition) is 1. The lowest BCUT2D eigenvalue weighted by Gasteiger charge is -2.20. The van der Waals surface area contributed by atoms with E-state index in [2.05, 4.69) is 10.5 Å². The summed E-state index contributed by atoms with van der Waals surface area (Å²) in [5, 5.41) is 4.75. The first kappa shape index (κ1) is 15.3. The minimum atomic E-state index is -0.858. The number of carbonyl (C=O) groups is 1. The molecular formula is C13H14Cl2N2O3.